The second-order valence-electron chi connectivity index (χ2n) is 6.20. The fourth-order valence-corrected chi connectivity index (χ4v) is 3.33. The minimum Gasteiger partial charge on any atom is -0.477 e. The number of benzene rings is 1. The summed E-state index contributed by atoms with van der Waals surface area (Å²) in [5.41, 5.74) is 1.09. The number of carboxylic acids is 1. The maximum Gasteiger partial charge on any atom is 0.412 e. The molecule has 24 heavy (non-hydrogen) atoms. The molecule has 5 nitrogen and oxygen atoms in total. The van der Waals surface area contributed by atoms with Crippen molar-refractivity contribution in [3.63, 3.8) is 0 Å². The van der Waals surface area contributed by atoms with Crippen molar-refractivity contribution in [3.8, 4) is 10.4 Å². The predicted molar refractivity (Wildman–Crippen MR) is 96.3 cm³/mol. The molecule has 1 amide bonds. The molecule has 2 aromatic rings. The Morgan fingerprint density at radius 2 is 1.79 bits per heavy atom. The molecule has 0 aliphatic carbocycles. The summed E-state index contributed by atoms with van der Waals surface area (Å²) in [6.07, 6.45) is -0.687. The van der Waals surface area contributed by atoms with Gasteiger partial charge in [-0.3, -0.25) is 5.32 Å². The van der Waals surface area contributed by atoms with Crippen LogP contribution in [0.2, 0.25) is 5.02 Å². The zero-order valence-corrected chi connectivity index (χ0v) is 15.3. The molecule has 0 atom stereocenters. The first-order valence-electron chi connectivity index (χ1n) is 7.21. The summed E-state index contributed by atoms with van der Waals surface area (Å²) >= 11 is 6.99. The van der Waals surface area contributed by atoms with Gasteiger partial charge in [0.15, 0.2) is 0 Å². The van der Waals surface area contributed by atoms with Gasteiger partial charge < -0.3 is 9.84 Å². The van der Waals surface area contributed by atoms with Crippen LogP contribution in [-0.4, -0.2) is 22.8 Å². The lowest BCUT2D eigenvalue weighted by Gasteiger charge is -2.19. The lowest BCUT2D eigenvalue weighted by Crippen LogP contribution is -2.27. The average Bonchev–Trinajstić information content (AvgIpc) is 2.75. The van der Waals surface area contributed by atoms with E-state index in [1.54, 1.807) is 39.8 Å². The fraction of sp³-hybridized carbons (Fsp3) is 0.294. The van der Waals surface area contributed by atoms with E-state index in [-0.39, 0.29) is 10.6 Å². The minimum atomic E-state index is -1.10. The standard InChI is InChI=1S/C17H18ClNO4S/c1-9-12(19-16(22)23-17(2,3)4)14(15(20)21)24-13(9)10-5-7-11(18)8-6-10/h5-8H,1-4H3,(H,19,22)(H,20,21). The number of carbonyl (C=O) groups excluding carboxylic acids is 1. The normalized spacial score (nSPS) is 11.2. The van der Waals surface area contributed by atoms with Gasteiger partial charge in [0.25, 0.3) is 0 Å². The summed E-state index contributed by atoms with van der Waals surface area (Å²) in [7, 11) is 0. The molecule has 0 saturated heterocycles. The van der Waals surface area contributed by atoms with Crippen molar-refractivity contribution in [2.45, 2.75) is 33.3 Å². The van der Waals surface area contributed by atoms with Gasteiger partial charge in [0, 0.05) is 9.90 Å². The fourth-order valence-electron chi connectivity index (χ4n) is 2.10. The highest BCUT2D eigenvalue weighted by Crippen LogP contribution is 2.40. The molecule has 0 fully saturated rings. The predicted octanol–water partition coefficient (Wildman–Crippen LogP) is 5.42. The zero-order chi connectivity index (χ0) is 18.1. The van der Waals surface area contributed by atoms with Crippen LogP contribution < -0.4 is 5.32 Å². The molecule has 2 N–H and O–H groups in total. The monoisotopic (exact) mass is 367 g/mol. The molecule has 1 aromatic carbocycles. The first-order valence-corrected chi connectivity index (χ1v) is 8.40. The second kappa shape index (κ2) is 6.83. The Bertz CT molecular complexity index is 775. The number of thiophene rings is 1. The van der Waals surface area contributed by atoms with Gasteiger partial charge in [0.05, 0.1) is 5.69 Å². The van der Waals surface area contributed by atoms with Gasteiger partial charge in [0.1, 0.15) is 10.5 Å². The van der Waals surface area contributed by atoms with E-state index < -0.39 is 17.7 Å². The Hall–Kier alpha value is -2.05. The molecule has 0 aliphatic heterocycles. The molecule has 0 saturated carbocycles. The van der Waals surface area contributed by atoms with Gasteiger partial charge in [-0.25, -0.2) is 9.59 Å². The Balaban J connectivity index is 2.42. The van der Waals surface area contributed by atoms with Crippen LogP contribution in [0.5, 0.6) is 0 Å². The zero-order valence-electron chi connectivity index (χ0n) is 13.8. The Labute approximate surface area is 149 Å². The largest absolute Gasteiger partial charge is 0.477 e. The van der Waals surface area contributed by atoms with E-state index in [4.69, 9.17) is 16.3 Å². The van der Waals surface area contributed by atoms with Gasteiger partial charge >= 0.3 is 12.1 Å². The summed E-state index contributed by atoms with van der Waals surface area (Å²) in [4.78, 5) is 24.4. The third kappa shape index (κ3) is 4.27. The number of amides is 1. The molecule has 1 heterocycles. The highest BCUT2D eigenvalue weighted by molar-refractivity contribution is 7.18. The topological polar surface area (TPSA) is 75.6 Å². The van der Waals surface area contributed by atoms with Crippen molar-refractivity contribution in [2.24, 2.45) is 0 Å². The third-order valence-corrected chi connectivity index (χ3v) is 4.65. The number of aromatic carboxylic acids is 1. The molecular formula is C17H18ClNO4S. The number of carbonyl (C=O) groups is 2. The Kier molecular flexibility index (Phi) is 5.20. The van der Waals surface area contributed by atoms with E-state index in [1.165, 1.54) is 0 Å². The highest BCUT2D eigenvalue weighted by atomic mass is 35.5. The van der Waals surface area contributed by atoms with Crippen LogP contribution in [0, 0.1) is 6.92 Å². The number of hydrogen-bond acceptors (Lipinski definition) is 4. The number of ether oxygens (including phenoxy) is 1. The van der Waals surface area contributed by atoms with Gasteiger partial charge in [0.2, 0.25) is 0 Å². The van der Waals surface area contributed by atoms with Crippen molar-refractivity contribution in [2.75, 3.05) is 5.32 Å². The van der Waals surface area contributed by atoms with Crippen LogP contribution in [0.4, 0.5) is 10.5 Å². The van der Waals surface area contributed by atoms with Crippen molar-refractivity contribution >= 4 is 40.7 Å². The summed E-state index contributed by atoms with van der Waals surface area (Å²) < 4.78 is 5.21. The number of anilines is 1. The maximum atomic E-state index is 12.0. The summed E-state index contributed by atoms with van der Waals surface area (Å²) in [5.74, 6) is -1.10. The van der Waals surface area contributed by atoms with Crippen LogP contribution >= 0.6 is 22.9 Å². The van der Waals surface area contributed by atoms with Crippen LogP contribution in [0.3, 0.4) is 0 Å². The van der Waals surface area contributed by atoms with Crippen molar-refractivity contribution in [3.05, 3.63) is 39.7 Å². The van der Waals surface area contributed by atoms with Gasteiger partial charge in [-0.15, -0.1) is 11.3 Å². The number of rotatable bonds is 3. The first-order chi connectivity index (χ1) is 11.1. The van der Waals surface area contributed by atoms with Gasteiger partial charge in [-0.2, -0.15) is 0 Å². The van der Waals surface area contributed by atoms with Crippen molar-refractivity contribution < 1.29 is 19.4 Å². The van der Waals surface area contributed by atoms with Crippen LogP contribution in [-0.2, 0) is 4.74 Å². The summed E-state index contributed by atoms with van der Waals surface area (Å²) in [6, 6.07) is 7.09. The van der Waals surface area contributed by atoms with E-state index in [9.17, 15) is 14.7 Å². The molecule has 0 bridgehead atoms. The second-order valence-corrected chi connectivity index (χ2v) is 7.66. The summed E-state index contributed by atoms with van der Waals surface area (Å²) in [6.45, 7) is 6.98. The Morgan fingerprint density at radius 3 is 2.29 bits per heavy atom. The van der Waals surface area contributed by atoms with Crippen LogP contribution in [0.25, 0.3) is 10.4 Å². The van der Waals surface area contributed by atoms with Crippen molar-refractivity contribution in [1.29, 1.82) is 0 Å². The molecule has 128 valence electrons. The molecular weight excluding hydrogens is 350 g/mol. The molecule has 0 spiro atoms. The first kappa shape index (κ1) is 18.3. The highest BCUT2D eigenvalue weighted by Gasteiger charge is 2.24. The van der Waals surface area contributed by atoms with Gasteiger partial charge in [-0.1, -0.05) is 23.7 Å². The lowest BCUT2D eigenvalue weighted by atomic mass is 10.1. The quantitative estimate of drug-likeness (QED) is 0.759. The van der Waals surface area contributed by atoms with E-state index in [0.29, 0.717) is 10.6 Å². The van der Waals surface area contributed by atoms with E-state index in [2.05, 4.69) is 5.32 Å². The molecule has 0 unspecified atom stereocenters. The van der Waals surface area contributed by atoms with Crippen molar-refractivity contribution in [1.82, 2.24) is 0 Å². The van der Waals surface area contributed by atoms with Gasteiger partial charge in [-0.05, 0) is 51.0 Å². The molecule has 0 radical (unpaired) electrons. The molecule has 7 heteroatoms. The van der Waals surface area contributed by atoms with Crippen LogP contribution in [0.1, 0.15) is 36.0 Å². The van der Waals surface area contributed by atoms with Crippen LogP contribution in [0.15, 0.2) is 24.3 Å². The molecule has 1 aromatic heterocycles. The van der Waals surface area contributed by atoms with E-state index >= 15 is 0 Å². The SMILES string of the molecule is Cc1c(-c2ccc(Cl)cc2)sc(C(=O)O)c1NC(=O)OC(C)(C)C. The third-order valence-electron chi connectivity index (χ3n) is 3.07. The Morgan fingerprint density at radius 1 is 1.21 bits per heavy atom. The summed E-state index contributed by atoms with van der Waals surface area (Å²) in [5, 5.41) is 12.6. The number of hydrogen-bond donors (Lipinski definition) is 2. The van der Waals surface area contributed by atoms with E-state index in [0.717, 1.165) is 21.8 Å². The van der Waals surface area contributed by atoms with E-state index in [1.807, 2.05) is 12.1 Å². The molecule has 0 aliphatic rings. The number of nitrogens with one attached hydrogen (secondary N) is 1. The molecule has 2 rings (SSSR count). The maximum absolute atomic E-state index is 12.0. The number of halogens is 1. The minimum absolute atomic E-state index is 0.0586. The average molecular weight is 368 g/mol. The number of carboxylic acid groups (broad SMARTS) is 1. The lowest BCUT2D eigenvalue weighted by molar-refractivity contribution is 0.0636. The smallest absolute Gasteiger partial charge is 0.412 e.